The molecule has 1 aromatic carbocycles. The molecule has 0 unspecified atom stereocenters. The van der Waals surface area contributed by atoms with Gasteiger partial charge in [-0.25, -0.2) is 4.79 Å². The topological polar surface area (TPSA) is 62.1 Å². The Morgan fingerprint density at radius 3 is 2.94 bits per heavy atom. The van der Waals surface area contributed by atoms with Gasteiger partial charge >= 0.3 is 5.97 Å². The average molecular weight is 265 g/mol. The lowest BCUT2D eigenvalue weighted by Gasteiger charge is -2.06. The lowest BCUT2D eigenvalue weighted by Crippen LogP contribution is -2.06. The number of anilines is 1. The third kappa shape index (κ3) is 3.79. The molecule has 94 valence electrons. The monoisotopic (exact) mass is 264 g/mol. The van der Waals surface area contributed by atoms with Crippen LogP contribution in [0.25, 0.3) is 0 Å². The molecule has 0 amide bonds. The predicted octanol–water partition coefficient (Wildman–Crippen LogP) is 2.74. The van der Waals surface area contributed by atoms with E-state index >= 15 is 0 Å². The largest absolute Gasteiger partial charge is 0.466 e. The molecule has 1 rings (SSSR count). The number of benzene rings is 1. The van der Waals surface area contributed by atoms with Crippen molar-refractivity contribution in [3.05, 3.63) is 40.4 Å². The third-order valence-corrected chi connectivity index (χ3v) is 2.55. The van der Waals surface area contributed by atoms with Gasteiger partial charge < -0.3 is 10.1 Å². The van der Waals surface area contributed by atoms with Crippen molar-refractivity contribution in [3.8, 4) is 6.07 Å². The fraction of sp³-hybridized carbons (Fsp3) is 0.231. The minimum Gasteiger partial charge on any atom is -0.466 e. The van der Waals surface area contributed by atoms with Crippen LogP contribution in [0.5, 0.6) is 0 Å². The maximum absolute atomic E-state index is 11.1. The first-order chi connectivity index (χ1) is 8.58. The van der Waals surface area contributed by atoms with Crippen molar-refractivity contribution in [2.45, 2.75) is 6.92 Å². The van der Waals surface area contributed by atoms with Crippen LogP contribution in [0.4, 0.5) is 5.69 Å². The second-order valence-electron chi connectivity index (χ2n) is 3.56. The Bertz CT molecular complexity index is 518. The van der Waals surface area contributed by atoms with E-state index in [2.05, 4.69) is 16.1 Å². The summed E-state index contributed by atoms with van der Waals surface area (Å²) in [6.07, 6.45) is 1.69. The average Bonchev–Trinajstić information content (AvgIpc) is 2.38. The summed E-state index contributed by atoms with van der Waals surface area (Å²) < 4.78 is 4.57. The van der Waals surface area contributed by atoms with Crippen LogP contribution in [0.1, 0.15) is 12.5 Å². The quantitative estimate of drug-likeness (QED) is 0.671. The molecular formula is C13H13ClN2O2. The molecule has 5 heteroatoms. The van der Waals surface area contributed by atoms with Gasteiger partial charge in [-0.05, 0) is 25.1 Å². The van der Waals surface area contributed by atoms with Gasteiger partial charge in [0.25, 0.3) is 0 Å². The molecule has 0 aliphatic rings. The van der Waals surface area contributed by atoms with Crippen LogP contribution in [0, 0.1) is 11.3 Å². The fourth-order valence-electron chi connectivity index (χ4n) is 1.32. The molecule has 0 heterocycles. The predicted molar refractivity (Wildman–Crippen MR) is 70.4 cm³/mol. The minimum atomic E-state index is -0.372. The Hall–Kier alpha value is -1.99. The Kier molecular flexibility index (Phi) is 5.22. The lowest BCUT2D eigenvalue weighted by atomic mass is 10.2. The van der Waals surface area contributed by atoms with Crippen LogP contribution in [-0.2, 0) is 9.53 Å². The van der Waals surface area contributed by atoms with Gasteiger partial charge in [0.2, 0.25) is 0 Å². The van der Waals surface area contributed by atoms with Gasteiger partial charge in [-0.3, -0.25) is 0 Å². The molecule has 1 N–H and O–H groups in total. The number of carbonyl (C=O) groups is 1. The van der Waals surface area contributed by atoms with Gasteiger partial charge in [-0.1, -0.05) is 17.7 Å². The number of nitrogens with zero attached hydrogens (tertiary/aromatic N) is 1. The molecule has 0 saturated carbocycles. The number of methoxy groups -OCH3 is 1. The van der Waals surface area contributed by atoms with E-state index in [0.29, 0.717) is 28.4 Å². The van der Waals surface area contributed by atoms with Crippen LogP contribution >= 0.6 is 11.6 Å². The molecule has 0 aliphatic heterocycles. The Morgan fingerprint density at radius 2 is 2.33 bits per heavy atom. The van der Waals surface area contributed by atoms with Gasteiger partial charge in [-0.2, -0.15) is 5.26 Å². The zero-order valence-electron chi connectivity index (χ0n) is 10.2. The molecule has 0 bridgehead atoms. The van der Waals surface area contributed by atoms with Gasteiger partial charge in [0.15, 0.2) is 0 Å². The summed E-state index contributed by atoms with van der Waals surface area (Å²) in [7, 11) is 1.33. The summed E-state index contributed by atoms with van der Waals surface area (Å²) in [4.78, 5) is 11.1. The summed E-state index contributed by atoms with van der Waals surface area (Å²) in [6, 6.07) is 7.02. The van der Waals surface area contributed by atoms with E-state index in [4.69, 9.17) is 16.9 Å². The number of rotatable bonds is 4. The molecule has 0 spiro atoms. The van der Waals surface area contributed by atoms with Crippen LogP contribution in [0.15, 0.2) is 29.8 Å². The maximum atomic E-state index is 11.1. The lowest BCUT2D eigenvalue weighted by molar-refractivity contribution is -0.136. The Morgan fingerprint density at radius 1 is 1.61 bits per heavy atom. The molecular weight excluding hydrogens is 252 g/mol. The Balaban J connectivity index is 2.73. The number of ether oxygens (including phenoxy) is 1. The summed E-state index contributed by atoms with van der Waals surface area (Å²) >= 11 is 5.85. The van der Waals surface area contributed by atoms with Gasteiger partial charge in [0.05, 0.1) is 18.4 Å². The SMILES string of the molecule is COC(=O)/C(C)=C/CNc1cc(Cl)ccc1C#N. The van der Waals surface area contributed by atoms with Gasteiger partial charge in [0, 0.05) is 17.1 Å². The van der Waals surface area contributed by atoms with E-state index in [0.717, 1.165) is 0 Å². The van der Waals surface area contributed by atoms with Crippen LogP contribution in [0.3, 0.4) is 0 Å². The molecule has 0 aromatic heterocycles. The Labute approximate surface area is 111 Å². The maximum Gasteiger partial charge on any atom is 0.333 e. The molecule has 0 atom stereocenters. The zero-order valence-corrected chi connectivity index (χ0v) is 10.9. The zero-order chi connectivity index (χ0) is 13.5. The first-order valence-electron chi connectivity index (χ1n) is 5.27. The van der Waals surface area contributed by atoms with Crippen LogP contribution < -0.4 is 5.32 Å². The summed E-state index contributed by atoms with van der Waals surface area (Å²) in [6.45, 7) is 2.08. The van der Waals surface area contributed by atoms with E-state index in [1.54, 1.807) is 31.2 Å². The van der Waals surface area contributed by atoms with E-state index in [-0.39, 0.29) is 5.97 Å². The first kappa shape index (κ1) is 14.1. The standard InChI is InChI=1S/C13H13ClN2O2/c1-9(13(17)18-2)5-6-16-12-7-11(14)4-3-10(12)8-15/h3-5,7,16H,6H2,1-2H3/b9-5+. The second-order valence-corrected chi connectivity index (χ2v) is 4.00. The highest BCUT2D eigenvalue weighted by molar-refractivity contribution is 6.30. The molecule has 18 heavy (non-hydrogen) atoms. The minimum absolute atomic E-state index is 0.372. The van der Waals surface area contributed by atoms with Crippen molar-refractivity contribution in [1.29, 1.82) is 5.26 Å². The van der Waals surface area contributed by atoms with E-state index < -0.39 is 0 Å². The van der Waals surface area contributed by atoms with Gasteiger partial charge in [0.1, 0.15) is 6.07 Å². The molecule has 0 aliphatic carbocycles. The van der Waals surface area contributed by atoms with Gasteiger partial charge in [-0.15, -0.1) is 0 Å². The highest BCUT2D eigenvalue weighted by Crippen LogP contribution is 2.20. The number of carbonyl (C=O) groups excluding carboxylic acids is 1. The van der Waals surface area contributed by atoms with E-state index in [9.17, 15) is 4.79 Å². The molecule has 0 radical (unpaired) electrons. The van der Waals surface area contributed by atoms with Crippen LogP contribution in [0.2, 0.25) is 5.02 Å². The first-order valence-corrected chi connectivity index (χ1v) is 5.65. The van der Waals surface area contributed by atoms with Crippen LogP contribution in [-0.4, -0.2) is 19.6 Å². The second kappa shape index (κ2) is 6.67. The summed E-state index contributed by atoms with van der Waals surface area (Å²) in [5.74, 6) is -0.372. The number of nitriles is 1. The molecule has 4 nitrogen and oxygen atoms in total. The third-order valence-electron chi connectivity index (χ3n) is 2.31. The van der Waals surface area contributed by atoms with Crippen molar-refractivity contribution in [2.75, 3.05) is 19.0 Å². The van der Waals surface area contributed by atoms with Crippen molar-refractivity contribution in [2.24, 2.45) is 0 Å². The fourth-order valence-corrected chi connectivity index (χ4v) is 1.49. The molecule has 0 fully saturated rings. The van der Waals surface area contributed by atoms with Crippen molar-refractivity contribution in [3.63, 3.8) is 0 Å². The number of nitrogens with one attached hydrogen (secondary N) is 1. The van der Waals surface area contributed by atoms with E-state index in [1.165, 1.54) is 7.11 Å². The normalized spacial score (nSPS) is 10.7. The van der Waals surface area contributed by atoms with Crippen molar-refractivity contribution < 1.29 is 9.53 Å². The number of esters is 1. The smallest absolute Gasteiger partial charge is 0.333 e. The molecule has 1 aromatic rings. The highest BCUT2D eigenvalue weighted by Gasteiger charge is 2.03. The van der Waals surface area contributed by atoms with Crippen molar-refractivity contribution in [1.82, 2.24) is 0 Å². The number of hydrogen-bond donors (Lipinski definition) is 1. The number of hydrogen-bond acceptors (Lipinski definition) is 4. The van der Waals surface area contributed by atoms with E-state index in [1.807, 2.05) is 0 Å². The molecule has 0 saturated heterocycles. The van der Waals surface area contributed by atoms with Crippen molar-refractivity contribution >= 4 is 23.3 Å². The number of halogens is 1. The summed E-state index contributed by atoms with van der Waals surface area (Å²) in [5.41, 5.74) is 1.65. The highest BCUT2D eigenvalue weighted by atomic mass is 35.5. The summed E-state index contributed by atoms with van der Waals surface area (Å²) in [5, 5.41) is 12.5.